The van der Waals surface area contributed by atoms with E-state index in [0.29, 0.717) is 13.1 Å². The molecular weight excluding hydrogens is 290 g/mol. The summed E-state index contributed by atoms with van der Waals surface area (Å²) in [5, 5.41) is -1.05. The maximum absolute atomic E-state index is 12.4. The Bertz CT molecular complexity index is 542. The van der Waals surface area contributed by atoms with E-state index in [2.05, 4.69) is 0 Å². The topological polar surface area (TPSA) is 63.7 Å². The van der Waals surface area contributed by atoms with Crippen molar-refractivity contribution in [3.05, 3.63) is 35.9 Å². The zero-order chi connectivity index (χ0) is 15.9. The number of carbonyl (C=O) groups excluding carboxylic acids is 1. The molecule has 0 spiro atoms. The van der Waals surface area contributed by atoms with E-state index in [4.69, 9.17) is 4.74 Å². The van der Waals surface area contributed by atoms with E-state index in [1.165, 1.54) is 14.0 Å². The summed E-state index contributed by atoms with van der Waals surface area (Å²) in [6, 6.07) is 9.53. The van der Waals surface area contributed by atoms with E-state index in [9.17, 15) is 13.2 Å². The zero-order valence-electron chi connectivity index (χ0n) is 12.8. The largest absolute Gasteiger partial charge is 0.384 e. The Labute approximate surface area is 126 Å². The summed E-state index contributed by atoms with van der Waals surface area (Å²) in [6.07, 6.45) is 0. The second kappa shape index (κ2) is 8.14. The minimum atomic E-state index is -3.49. The molecule has 0 aliphatic rings. The molecule has 0 aromatic heterocycles. The van der Waals surface area contributed by atoms with Crippen LogP contribution in [0.4, 0.5) is 0 Å². The van der Waals surface area contributed by atoms with Crippen molar-refractivity contribution in [1.29, 1.82) is 0 Å². The maximum Gasteiger partial charge on any atom is 0.240 e. The number of rotatable bonds is 8. The highest BCUT2D eigenvalue weighted by molar-refractivity contribution is 7.92. The molecule has 1 aromatic carbocycles. The van der Waals surface area contributed by atoms with Crippen LogP contribution in [0.2, 0.25) is 0 Å². The zero-order valence-corrected chi connectivity index (χ0v) is 13.6. The summed E-state index contributed by atoms with van der Waals surface area (Å²) < 4.78 is 28.9. The van der Waals surface area contributed by atoms with Crippen LogP contribution < -0.4 is 0 Å². The van der Waals surface area contributed by atoms with Crippen molar-refractivity contribution in [1.82, 2.24) is 4.90 Å². The summed E-state index contributed by atoms with van der Waals surface area (Å²) in [4.78, 5) is 14.0. The molecule has 0 fully saturated rings. The molecule has 21 heavy (non-hydrogen) atoms. The Kier molecular flexibility index (Phi) is 6.84. The number of hydrogen-bond donors (Lipinski definition) is 0. The molecule has 6 heteroatoms. The number of carbonyl (C=O) groups is 1. The van der Waals surface area contributed by atoms with Crippen molar-refractivity contribution in [2.75, 3.05) is 26.0 Å². The second-order valence-electron chi connectivity index (χ2n) is 4.84. The number of amides is 1. The molecule has 1 aromatic rings. The van der Waals surface area contributed by atoms with E-state index in [0.717, 1.165) is 5.56 Å². The highest BCUT2D eigenvalue weighted by Gasteiger charge is 2.30. The van der Waals surface area contributed by atoms with E-state index < -0.39 is 15.1 Å². The van der Waals surface area contributed by atoms with Crippen molar-refractivity contribution in [3.8, 4) is 0 Å². The molecule has 0 saturated carbocycles. The van der Waals surface area contributed by atoms with Crippen molar-refractivity contribution in [3.63, 3.8) is 0 Å². The van der Waals surface area contributed by atoms with Crippen LogP contribution in [0.25, 0.3) is 0 Å². The number of sulfone groups is 1. The predicted molar refractivity (Wildman–Crippen MR) is 82.7 cm³/mol. The van der Waals surface area contributed by atoms with Crippen molar-refractivity contribution < 1.29 is 17.9 Å². The van der Waals surface area contributed by atoms with Gasteiger partial charge in [0.15, 0.2) is 9.84 Å². The molecule has 1 unspecified atom stereocenters. The lowest BCUT2D eigenvalue weighted by Crippen LogP contribution is -2.42. The molecule has 0 heterocycles. The monoisotopic (exact) mass is 313 g/mol. The standard InChI is InChI=1S/C15H23NO4S/c1-4-16(12-14-8-6-5-7-9-14)15(17)13(2)21(18,19)11-10-20-3/h5-9,13H,4,10-12H2,1-3H3. The first-order valence-electron chi connectivity index (χ1n) is 6.95. The van der Waals surface area contributed by atoms with Gasteiger partial charge in [-0.05, 0) is 19.4 Å². The molecular formula is C15H23NO4S. The summed E-state index contributed by atoms with van der Waals surface area (Å²) in [5.41, 5.74) is 0.981. The third kappa shape index (κ3) is 5.13. The Balaban J connectivity index is 2.78. The van der Waals surface area contributed by atoms with Gasteiger partial charge in [0.2, 0.25) is 5.91 Å². The highest BCUT2D eigenvalue weighted by Crippen LogP contribution is 2.11. The van der Waals surface area contributed by atoms with E-state index in [-0.39, 0.29) is 18.3 Å². The molecule has 0 aliphatic heterocycles. The van der Waals surface area contributed by atoms with Crippen LogP contribution in [0.1, 0.15) is 19.4 Å². The molecule has 0 radical (unpaired) electrons. The number of methoxy groups -OCH3 is 1. The lowest BCUT2D eigenvalue weighted by atomic mass is 10.2. The van der Waals surface area contributed by atoms with Crippen LogP contribution in [-0.2, 0) is 25.9 Å². The van der Waals surface area contributed by atoms with Crippen LogP contribution in [0.3, 0.4) is 0 Å². The van der Waals surface area contributed by atoms with Gasteiger partial charge in [0.05, 0.1) is 12.4 Å². The Hall–Kier alpha value is -1.40. The van der Waals surface area contributed by atoms with Gasteiger partial charge in [0.25, 0.3) is 0 Å². The molecule has 0 N–H and O–H groups in total. The number of benzene rings is 1. The van der Waals surface area contributed by atoms with Crippen LogP contribution in [0.15, 0.2) is 30.3 Å². The number of nitrogens with zero attached hydrogens (tertiary/aromatic N) is 1. The van der Waals surface area contributed by atoms with Crippen molar-refractivity contribution in [2.45, 2.75) is 25.6 Å². The smallest absolute Gasteiger partial charge is 0.240 e. The molecule has 1 atom stereocenters. The lowest BCUT2D eigenvalue weighted by Gasteiger charge is -2.24. The molecule has 1 amide bonds. The third-order valence-corrected chi connectivity index (χ3v) is 5.38. The fourth-order valence-electron chi connectivity index (χ4n) is 1.94. The Morgan fingerprint density at radius 2 is 1.90 bits per heavy atom. The fourth-order valence-corrected chi connectivity index (χ4v) is 3.15. The highest BCUT2D eigenvalue weighted by atomic mass is 32.2. The quantitative estimate of drug-likeness (QED) is 0.729. The lowest BCUT2D eigenvalue weighted by molar-refractivity contribution is -0.130. The van der Waals surface area contributed by atoms with E-state index in [1.807, 2.05) is 37.3 Å². The third-order valence-electron chi connectivity index (χ3n) is 3.37. The van der Waals surface area contributed by atoms with Crippen LogP contribution in [0.5, 0.6) is 0 Å². The maximum atomic E-state index is 12.4. The summed E-state index contributed by atoms with van der Waals surface area (Å²) >= 11 is 0. The van der Waals surface area contributed by atoms with Gasteiger partial charge in [0, 0.05) is 20.2 Å². The second-order valence-corrected chi connectivity index (χ2v) is 7.28. The average molecular weight is 313 g/mol. The molecule has 0 saturated heterocycles. The molecule has 1 rings (SSSR count). The Morgan fingerprint density at radius 1 is 1.29 bits per heavy atom. The van der Waals surface area contributed by atoms with Gasteiger partial charge in [0.1, 0.15) is 5.25 Å². The Morgan fingerprint density at radius 3 is 2.43 bits per heavy atom. The number of hydrogen-bond acceptors (Lipinski definition) is 4. The first-order chi connectivity index (χ1) is 9.92. The van der Waals surface area contributed by atoms with Gasteiger partial charge >= 0.3 is 0 Å². The van der Waals surface area contributed by atoms with Gasteiger partial charge < -0.3 is 9.64 Å². The van der Waals surface area contributed by atoms with Gasteiger partial charge in [-0.3, -0.25) is 4.79 Å². The molecule has 5 nitrogen and oxygen atoms in total. The fraction of sp³-hybridized carbons (Fsp3) is 0.533. The first-order valence-corrected chi connectivity index (χ1v) is 8.67. The molecule has 0 bridgehead atoms. The summed E-state index contributed by atoms with van der Waals surface area (Å²) in [6.45, 7) is 4.28. The minimum Gasteiger partial charge on any atom is -0.384 e. The van der Waals surface area contributed by atoms with Gasteiger partial charge in [-0.15, -0.1) is 0 Å². The molecule has 118 valence electrons. The summed E-state index contributed by atoms with van der Waals surface area (Å²) in [7, 11) is -2.05. The van der Waals surface area contributed by atoms with Crippen molar-refractivity contribution >= 4 is 15.7 Å². The normalized spacial score (nSPS) is 12.9. The van der Waals surface area contributed by atoms with E-state index >= 15 is 0 Å². The van der Waals surface area contributed by atoms with Gasteiger partial charge in [-0.2, -0.15) is 0 Å². The van der Waals surface area contributed by atoms with E-state index in [1.54, 1.807) is 4.90 Å². The van der Waals surface area contributed by atoms with Gasteiger partial charge in [-0.1, -0.05) is 30.3 Å². The average Bonchev–Trinajstić information content (AvgIpc) is 2.50. The first kappa shape index (κ1) is 17.7. The van der Waals surface area contributed by atoms with Crippen LogP contribution in [0, 0.1) is 0 Å². The summed E-state index contributed by atoms with van der Waals surface area (Å²) in [5.74, 6) is -0.503. The minimum absolute atomic E-state index is 0.102. The van der Waals surface area contributed by atoms with Gasteiger partial charge in [-0.25, -0.2) is 8.42 Å². The van der Waals surface area contributed by atoms with Crippen molar-refractivity contribution in [2.24, 2.45) is 0 Å². The van der Waals surface area contributed by atoms with Crippen LogP contribution >= 0.6 is 0 Å². The molecule has 0 aliphatic carbocycles. The predicted octanol–water partition coefficient (Wildman–Crippen LogP) is 1.48. The van der Waals surface area contributed by atoms with Crippen LogP contribution in [-0.4, -0.2) is 50.5 Å². The SMILES string of the molecule is CCN(Cc1ccccc1)C(=O)C(C)S(=O)(=O)CCOC. The number of ether oxygens (including phenoxy) is 1.